The molecule has 23 heavy (non-hydrogen) atoms. The summed E-state index contributed by atoms with van der Waals surface area (Å²) in [5.41, 5.74) is 1.64. The molecule has 0 saturated carbocycles. The molecule has 0 saturated heterocycles. The van der Waals surface area contributed by atoms with Crippen LogP contribution in [0, 0.1) is 18.3 Å². The van der Waals surface area contributed by atoms with E-state index in [2.05, 4.69) is 21.2 Å². The molecule has 6 heteroatoms. The summed E-state index contributed by atoms with van der Waals surface area (Å²) in [7, 11) is 0. The first-order valence-corrected chi connectivity index (χ1v) is 7.76. The molecule has 116 valence electrons. The number of phenols is 1. The van der Waals surface area contributed by atoms with Crippen LogP contribution in [0.15, 0.2) is 46.4 Å². The lowest BCUT2D eigenvalue weighted by molar-refractivity contribution is -0.112. The molecular weight excluding hydrogens is 380 g/mol. The van der Waals surface area contributed by atoms with E-state index in [1.54, 1.807) is 18.2 Å². The Morgan fingerprint density at radius 1 is 1.39 bits per heavy atom. The quantitative estimate of drug-likeness (QED) is 0.590. The largest absolute Gasteiger partial charge is 0.506 e. The van der Waals surface area contributed by atoms with Gasteiger partial charge in [-0.15, -0.1) is 0 Å². The number of carbonyl (C=O) groups excluding carboxylic acids is 1. The van der Waals surface area contributed by atoms with Gasteiger partial charge in [-0.05, 0) is 36.8 Å². The number of hydrogen-bond acceptors (Lipinski definition) is 3. The van der Waals surface area contributed by atoms with Gasteiger partial charge in [0.15, 0.2) is 0 Å². The van der Waals surface area contributed by atoms with Crippen LogP contribution in [0.4, 0.5) is 5.69 Å². The Morgan fingerprint density at radius 2 is 2.09 bits per heavy atom. The highest BCUT2D eigenvalue weighted by atomic mass is 79.9. The molecule has 0 fully saturated rings. The zero-order valence-electron chi connectivity index (χ0n) is 12.1. The van der Waals surface area contributed by atoms with E-state index >= 15 is 0 Å². The number of nitrogens with one attached hydrogen (secondary N) is 1. The summed E-state index contributed by atoms with van der Waals surface area (Å²) in [5, 5.41) is 22.0. The molecule has 0 atom stereocenters. The summed E-state index contributed by atoms with van der Waals surface area (Å²) in [6, 6.07) is 12.2. The predicted molar refractivity (Wildman–Crippen MR) is 94.2 cm³/mol. The Bertz CT molecular complexity index is 841. The number of aryl methyl sites for hydroxylation is 1. The molecule has 0 spiro atoms. The minimum atomic E-state index is -0.558. The number of nitriles is 1. The second-order valence-electron chi connectivity index (χ2n) is 4.76. The molecule has 0 aromatic heterocycles. The fraction of sp³-hybridized carbons (Fsp3) is 0.0588. The summed E-state index contributed by atoms with van der Waals surface area (Å²) in [5.74, 6) is -0.747. The van der Waals surface area contributed by atoms with Gasteiger partial charge in [0.2, 0.25) is 0 Å². The van der Waals surface area contributed by atoms with Gasteiger partial charge >= 0.3 is 0 Å². The average Bonchev–Trinajstić information content (AvgIpc) is 2.51. The van der Waals surface area contributed by atoms with Crippen molar-refractivity contribution in [2.75, 3.05) is 5.32 Å². The molecule has 0 aliphatic carbocycles. The van der Waals surface area contributed by atoms with Crippen LogP contribution in [-0.4, -0.2) is 11.0 Å². The number of aromatic hydroxyl groups is 1. The van der Waals surface area contributed by atoms with Crippen molar-refractivity contribution >= 4 is 45.2 Å². The summed E-state index contributed by atoms with van der Waals surface area (Å²) in [4.78, 5) is 12.3. The number of carbonyl (C=O) groups is 1. The number of hydrogen-bond donors (Lipinski definition) is 2. The third kappa shape index (κ3) is 4.13. The molecular formula is C17H12BrClN2O2. The first-order chi connectivity index (χ1) is 10.9. The Balaban J connectivity index is 2.35. The Labute approximate surface area is 147 Å². The van der Waals surface area contributed by atoms with Gasteiger partial charge in [-0.1, -0.05) is 45.7 Å². The fourth-order valence-electron chi connectivity index (χ4n) is 1.90. The van der Waals surface area contributed by atoms with Gasteiger partial charge in [0.25, 0.3) is 5.91 Å². The van der Waals surface area contributed by atoms with Gasteiger partial charge < -0.3 is 10.4 Å². The highest BCUT2D eigenvalue weighted by Gasteiger charge is 2.13. The van der Waals surface area contributed by atoms with E-state index in [9.17, 15) is 15.2 Å². The maximum absolute atomic E-state index is 12.3. The third-order valence-corrected chi connectivity index (χ3v) is 3.86. The lowest BCUT2D eigenvalue weighted by Gasteiger charge is -2.08. The van der Waals surface area contributed by atoms with Gasteiger partial charge in [-0.25, -0.2) is 0 Å². The minimum Gasteiger partial charge on any atom is -0.506 e. The van der Waals surface area contributed by atoms with Gasteiger partial charge in [-0.3, -0.25) is 4.79 Å². The zero-order valence-corrected chi connectivity index (χ0v) is 14.4. The van der Waals surface area contributed by atoms with E-state index in [0.717, 1.165) is 5.56 Å². The van der Waals surface area contributed by atoms with Crippen molar-refractivity contribution in [3.8, 4) is 11.8 Å². The standard InChI is InChI=1S/C17H12BrClN2O2/c1-10-4-2-3-5-15(10)21-17(23)12(9-20)6-11-7-13(18)8-14(19)16(11)22/h2-8,22H,1H3,(H,21,23)/b12-6+. The Hall–Kier alpha value is -2.29. The van der Waals surface area contributed by atoms with Crippen LogP contribution in [0.2, 0.25) is 5.02 Å². The van der Waals surface area contributed by atoms with E-state index in [-0.39, 0.29) is 21.9 Å². The Morgan fingerprint density at radius 3 is 2.74 bits per heavy atom. The number of benzene rings is 2. The van der Waals surface area contributed by atoms with Crippen LogP contribution in [0.1, 0.15) is 11.1 Å². The lowest BCUT2D eigenvalue weighted by atomic mass is 10.1. The molecule has 4 nitrogen and oxygen atoms in total. The fourth-order valence-corrected chi connectivity index (χ4v) is 2.74. The van der Waals surface area contributed by atoms with Crippen LogP contribution in [0.5, 0.6) is 5.75 Å². The second-order valence-corrected chi connectivity index (χ2v) is 6.09. The molecule has 2 aromatic carbocycles. The van der Waals surface area contributed by atoms with Crippen molar-refractivity contribution in [1.82, 2.24) is 0 Å². The van der Waals surface area contributed by atoms with Gasteiger partial charge in [0, 0.05) is 15.7 Å². The lowest BCUT2D eigenvalue weighted by Crippen LogP contribution is -2.14. The molecule has 0 aliphatic rings. The van der Waals surface area contributed by atoms with Crippen LogP contribution < -0.4 is 5.32 Å². The van der Waals surface area contributed by atoms with Crippen molar-refractivity contribution in [1.29, 1.82) is 5.26 Å². The van der Waals surface area contributed by atoms with Crippen molar-refractivity contribution in [2.24, 2.45) is 0 Å². The highest BCUT2D eigenvalue weighted by Crippen LogP contribution is 2.32. The topological polar surface area (TPSA) is 73.1 Å². The van der Waals surface area contributed by atoms with E-state index in [0.29, 0.717) is 10.2 Å². The highest BCUT2D eigenvalue weighted by molar-refractivity contribution is 9.10. The molecule has 2 N–H and O–H groups in total. The first-order valence-electron chi connectivity index (χ1n) is 6.59. The maximum Gasteiger partial charge on any atom is 0.266 e. The number of halogens is 2. The normalized spacial score (nSPS) is 11.0. The number of anilines is 1. The van der Waals surface area contributed by atoms with Crippen LogP contribution >= 0.6 is 27.5 Å². The van der Waals surface area contributed by atoms with E-state index < -0.39 is 5.91 Å². The van der Waals surface area contributed by atoms with Crippen LogP contribution in [-0.2, 0) is 4.79 Å². The summed E-state index contributed by atoms with van der Waals surface area (Å²) in [6.45, 7) is 1.85. The summed E-state index contributed by atoms with van der Waals surface area (Å²) >= 11 is 9.13. The van der Waals surface area contributed by atoms with Gasteiger partial charge in [0.05, 0.1) is 5.02 Å². The second kappa shape index (κ2) is 7.32. The SMILES string of the molecule is Cc1ccccc1NC(=O)/C(C#N)=C/c1cc(Br)cc(Cl)c1O. The monoisotopic (exact) mass is 390 g/mol. The summed E-state index contributed by atoms with van der Waals surface area (Å²) < 4.78 is 0.628. The van der Waals surface area contributed by atoms with Crippen molar-refractivity contribution in [2.45, 2.75) is 6.92 Å². The zero-order chi connectivity index (χ0) is 17.0. The van der Waals surface area contributed by atoms with Crippen molar-refractivity contribution < 1.29 is 9.90 Å². The molecule has 0 heterocycles. The summed E-state index contributed by atoms with van der Waals surface area (Å²) in [6.07, 6.45) is 1.29. The van der Waals surface area contributed by atoms with Crippen molar-refractivity contribution in [3.05, 3.63) is 62.6 Å². The predicted octanol–water partition coefficient (Wildman–Crippen LogP) is 4.66. The average molecular weight is 392 g/mol. The van der Waals surface area contributed by atoms with E-state index in [4.69, 9.17) is 11.6 Å². The van der Waals surface area contributed by atoms with Crippen molar-refractivity contribution in [3.63, 3.8) is 0 Å². The smallest absolute Gasteiger partial charge is 0.266 e. The molecule has 0 aliphatic heterocycles. The van der Waals surface area contributed by atoms with E-state index in [1.165, 1.54) is 12.1 Å². The minimum absolute atomic E-state index is 0.127. The molecule has 2 rings (SSSR count). The third-order valence-electron chi connectivity index (χ3n) is 3.12. The number of para-hydroxylation sites is 1. The maximum atomic E-state index is 12.3. The molecule has 0 unspecified atom stereocenters. The molecule has 0 bridgehead atoms. The van der Waals surface area contributed by atoms with Gasteiger partial charge in [0.1, 0.15) is 17.4 Å². The van der Waals surface area contributed by atoms with E-state index in [1.807, 2.05) is 25.1 Å². The molecule has 1 amide bonds. The number of rotatable bonds is 3. The number of phenolic OH excluding ortho intramolecular Hbond substituents is 1. The van der Waals surface area contributed by atoms with Crippen LogP contribution in [0.3, 0.4) is 0 Å². The number of nitrogens with zero attached hydrogens (tertiary/aromatic N) is 1. The van der Waals surface area contributed by atoms with Gasteiger partial charge in [-0.2, -0.15) is 5.26 Å². The van der Waals surface area contributed by atoms with Crippen LogP contribution in [0.25, 0.3) is 6.08 Å². The molecule has 0 radical (unpaired) electrons. The Kier molecular flexibility index (Phi) is 5.43. The molecule has 2 aromatic rings. The first kappa shape index (κ1) is 17.1. The number of amides is 1.